The van der Waals surface area contributed by atoms with E-state index in [4.69, 9.17) is 12.2 Å². The number of hydrogen-bond donors (Lipinski definition) is 1. The lowest BCUT2D eigenvalue weighted by molar-refractivity contribution is 0.855. The molecule has 1 N–H and O–H groups in total. The van der Waals surface area contributed by atoms with Gasteiger partial charge in [0.15, 0.2) is 5.43 Å². The number of aromatic amines is 1. The van der Waals surface area contributed by atoms with Crippen molar-refractivity contribution in [2.75, 3.05) is 0 Å². The molecule has 4 nitrogen and oxygen atoms in total. The Morgan fingerprint density at radius 2 is 2.29 bits per heavy atom. The number of nitrogens with one attached hydrogen (secondary N) is 1. The van der Waals surface area contributed by atoms with Crippen LogP contribution >= 0.6 is 12.2 Å². The molecule has 0 spiro atoms. The normalized spacial score (nSPS) is 10.7. The van der Waals surface area contributed by atoms with Gasteiger partial charge in [0.25, 0.3) is 0 Å². The van der Waals surface area contributed by atoms with Crippen LogP contribution in [0.15, 0.2) is 17.2 Å². The molecule has 0 atom stereocenters. The van der Waals surface area contributed by atoms with E-state index in [1.165, 1.54) is 0 Å². The fraction of sp³-hybridized carbons (Fsp3) is 0.222. The topological polar surface area (TPSA) is 50.7 Å². The number of pyridine rings is 1. The van der Waals surface area contributed by atoms with Crippen LogP contribution in [0.4, 0.5) is 0 Å². The summed E-state index contributed by atoms with van der Waals surface area (Å²) in [5.74, 6) is 0. The van der Waals surface area contributed by atoms with Crippen molar-refractivity contribution in [3.63, 3.8) is 0 Å². The summed E-state index contributed by atoms with van der Waals surface area (Å²) in [4.78, 5) is 18.7. The third-order valence-corrected chi connectivity index (χ3v) is 2.49. The minimum Gasteiger partial charge on any atom is -0.346 e. The highest BCUT2D eigenvalue weighted by Gasteiger charge is 2.02. The van der Waals surface area contributed by atoms with Gasteiger partial charge in [-0.25, -0.2) is 4.98 Å². The molecule has 2 aromatic heterocycles. The van der Waals surface area contributed by atoms with Gasteiger partial charge in [0.05, 0.1) is 5.39 Å². The third kappa shape index (κ3) is 1.26. The first kappa shape index (κ1) is 9.08. The van der Waals surface area contributed by atoms with Crippen molar-refractivity contribution in [1.82, 2.24) is 14.5 Å². The Morgan fingerprint density at radius 3 is 3.00 bits per heavy atom. The number of H-pyrrole nitrogens is 1. The SMILES string of the molecule is Cc1c[nH]c2nc(=S)n(C)cc2c1=O. The van der Waals surface area contributed by atoms with Gasteiger partial charge < -0.3 is 9.55 Å². The van der Waals surface area contributed by atoms with Crippen molar-refractivity contribution in [2.24, 2.45) is 7.05 Å². The van der Waals surface area contributed by atoms with E-state index >= 15 is 0 Å². The molecule has 0 fully saturated rings. The highest BCUT2D eigenvalue weighted by atomic mass is 32.1. The molecule has 0 aliphatic rings. The van der Waals surface area contributed by atoms with Gasteiger partial charge in [0.2, 0.25) is 4.77 Å². The predicted octanol–water partition coefficient (Wildman–Crippen LogP) is 1.30. The van der Waals surface area contributed by atoms with Crippen LogP contribution in [0.3, 0.4) is 0 Å². The molecular formula is C9H9N3OS. The second kappa shape index (κ2) is 3.02. The van der Waals surface area contributed by atoms with Crippen molar-refractivity contribution in [3.05, 3.63) is 33.0 Å². The largest absolute Gasteiger partial charge is 0.346 e. The predicted molar refractivity (Wildman–Crippen MR) is 56.9 cm³/mol. The first-order valence-corrected chi connectivity index (χ1v) is 4.56. The minimum absolute atomic E-state index is 0.00292. The number of aromatic nitrogens is 3. The molecule has 72 valence electrons. The van der Waals surface area contributed by atoms with Crippen LogP contribution in [-0.4, -0.2) is 14.5 Å². The zero-order chi connectivity index (χ0) is 10.3. The Morgan fingerprint density at radius 1 is 1.57 bits per heavy atom. The lowest BCUT2D eigenvalue weighted by Gasteiger charge is -2.01. The fourth-order valence-corrected chi connectivity index (χ4v) is 1.42. The number of rotatable bonds is 0. The maximum absolute atomic E-state index is 11.7. The monoisotopic (exact) mass is 207 g/mol. The zero-order valence-electron chi connectivity index (χ0n) is 7.87. The van der Waals surface area contributed by atoms with Gasteiger partial charge in [-0.05, 0) is 19.1 Å². The highest BCUT2D eigenvalue weighted by Crippen LogP contribution is 2.03. The fourth-order valence-electron chi connectivity index (χ4n) is 1.28. The van der Waals surface area contributed by atoms with Gasteiger partial charge in [-0.3, -0.25) is 4.79 Å². The number of nitrogens with zero attached hydrogens (tertiary/aromatic N) is 2. The van der Waals surface area contributed by atoms with E-state index in [0.717, 1.165) is 0 Å². The smallest absolute Gasteiger partial charge is 0.201 e. The molecule has 0 saturated carbocycles. The zero-order valence-corrected chi connectivity index (χ0v) is 8.68. The van der Waals surface area contributed by atoms with E-state index in [2.05, 4.69) is 9.97 Å². The molecule has 2 rings (SSSR count). The standard InChI is InChI=1S/C9H9N3OS/c1-5-3-10-8-6(7(5)13)4-12(2)9(14)11-8/h3-4H,1-2H3,(H,10,11,14). The van der Waals surface area contributed by atoms with Gasteiger partial charge in [-0.2, -0.15) is 0 Å². The highest BCUT2D eigenvalue weighted by molar-refractivity contribution is 7.71. The molecule has 0 aromatic carbocycles. The molecule has 0 saturated heterocycles. The molecular weight excluding hydrogens is 198 g/mol. The molecule has 14 heavy (non-hydrogen) atoms. The molecule has 0 unspecified atom stereocenters. The summed E-state index contributed by atoms with van der Waals surface area (Å²) in [6.45, 7) is 1.76. The summed E-state index contributed by atoms with van der Waals surface area (Å²) in [5, 5.41) is 0.570. The van der Waals surface area contributed by atoms with Crippen molar-refractivity contribution < 1.29 is 0 Å². The molecule has 0 bridgehead atoms. The number of aryl methyl sites for hydroxylation is 2. The summed E-state index contributed by atoms with van der Waals surface area (Å²) in [6.07, 6.45) is 3.35. The first-order chi connectivity index (χ1) is 6.59. The van der Waals surface area contributed by atoms with Crippen molar-refractivity contribution in [2.45, 2.75) is 6.92 Å². The summed E-state index contributed by atoms with van der Waals surface area (Å²) in [6, 6.07) is 0. The lowest BCUT2D eigenvalue weighted by atomic mass is 10.2. The molecule has 0 aliphatic carbocycles. The van der Waals surface area contributed by atoms with E-state index in [1.54, 1.807) is 30.9 Å². The molecule has 5 heteroatoms. The van der Waals surface area contributed by atoms with Crippen LogP contribution in [0.2, 0.25) is 0 Å². The average molecular weight is 207 g/mol. The van der Waals surface area contributed by atoms with E-state index in [9.17, 15) is 4.79 Å². The van der Waals surface area contributed by atoms with Crippen LogP contribution in [0.1, 0.15) is 5.56 Å². The van der Waals surface area contributed by atoms with Crippen LogP contribution in [0, 0.1) is 11.7 Å². The van der Waals surface area contributed by atoms with Gasteiger partial charge >= 0.3 is 0 Å². The maximum Gasteiger partial charge on any atom is 0.201 e. The average Bonchev–Trinajstić information content (AvgIpc) is 2.15. The van der Waals surface area contributed by atoms with E-state index in [-0.39, 0.29) is 5.43 Å². The van der Waals surface area contributed by atoms with Crippen LogP contribution in [0.25, 0.3) is 11.0 Å². The van der Waals surface area contributed by atoms with Crippen LogP contribution in [-0.2, 0) is 7.05 Å². The Balaban J connectivity index is 3.05. The van der Waals surface area contributed by atoms with Gasteiger partial charge in [0, 0.05) is 25.0 Å². The first-order valence-electron chi connectivity index (χ1n) is 4.15. The Labute approximate surface area is 85.2 Å². The Bertz CT molecular complexity index is 611. The quantitative estimate of drug-likeness (QED) is 0.662. The summed E-state index contributed by atoms with van der Waals surface area (Å²) in [7, 11) is 1.77. The summed E-state index contributed by atoms with van der Waals surface area (Å²) in [5.41, 5.74) is 1.22. The Hall–Kier alpha value is -1.49. The second-order valence-corrected chi connectivity index (χ2v) is 3.56. The maximum atomic E-state index is 11.7. The van der Waals surface area contributed by atoms with Gasteiger partial charge in [-0.15, -0.1) is 0 Å². The lowest BCUT2D eigenvalue weighted by Crippen LogP contribution is -2.09. The molecule has 0 aliphatic heterocycles. The van der Waals surface area contributed by atoms with Gasteiger partial charge in [0.1, 0.15) is 5.65 Å². The van der Waals surface area contributed by atoms with Gasteiger partial charge in [-0.1, -0.05) is 0 Å². The van der Waals surface area contributed by atoms with E-state index in [0.29, 0.717) is 21.4 Å². The number of hydrogen-bond acceptors (Lipinski definition) is 3. The van der Waals surface area contributed by atoms with Crippen molar-refractivity contribution in [3.8, 4) is 0 Å². The second-order valence-electron chi connectivity index (χ2n) is 3.20. The Kier molecular flexibility index (Phi) is 1.96. The van der Waals surface area contributed by atoms with Crippen molar-refractivity contribution >= 4 is 23.3 Å². The van der Waals surface area contributed by atoms with E-state index in [1.807, 2.05) is 0 Å². The third-order valence-electron chi connectivity index (χ3n) is 2.12. The summed E-state index contributed by atoms with van der Waals surface area (Å²) < 4.78 is 2.11. The summed E-state index contributed by atoms with van der Waals surface area (Å²) >= 11 is 4.99. The molecule has 0 amide bonds. The van der Waals surface area contributed by atoms with Crippen LogP contribution < -0.4 is 5.43 Å². The molecule has 2 aromatic rings. The minimum atomic E-state index is -0.00292. The van der Waals surface area contributed by atoms with Crippen molar-refractivity contribution in [1.29, 1.82) is 0 Å². The number of fused-ring (bicyclic) bond motifs is 1. The molecule has 0 radical (unpaired) electrons. The van der Waals surface area contributed by atoms with E-state index < -0.39 is 0 Å². The van der Waals surface area contributed by atoms with Crippen LogP contribution in [0.5, 0.6) is 0 Å². The molecule has 2 heterocycles.